The molecular weight excluding hydrogens is 310 g/mol. The third kappa shape index (κ3) is 2.81. The minimum absolute atomic E-state index is 0.110. The summed E-state index contributed by atoms with van der Waals surface area (Å²) < 4.78 is 28.8. The van der Waals surface area contributed by atoms with E-state index in [1.54, 1.807) is 12.1 Å². The Hall–Kier alpha value is -2.19. The number of nitrogens with two attached hydrogens (primary N) is 1. The number of rotatable bonds is 3. The molecule has 8 heteroatoms. The third-order valence-corrected chi connectivity index (χ3v) is 4.67. The number of nitrogen functional groups attached to an aromatic ring is 1. The smallest absolute Gasteiger partial charge is 0.232 e. The first-order valence-corrected chi connectivity index (χ1v) is 8.69. The number of nitrogens with zero attached hydrogens (tertiary/aromatic N) is 2. The Labute approximate surface area is 125 Å². The molecule has 0 aliphatic heterocycles. The molecule has 0 aliphatic carbocycles. The summed E-state index contributed by atoms with van der Waals surface area (Å²) in [4.78, 5) is 9.07. The molecule has 108 valence electrons. The predicted molar refractivity (Wildman–Crippen MR) is 81.5 cm³/mol. The lowest BCUT2D eigenvalue weighted by atomic mass is 10.3. The van der Waals surface area contributed by atoms with E-state index in [4.69, 9.17) is 10.5 Å². The maximum Gasteiger partial charge on any atom is 0.232 e. The Balaban J connectivity index is 2.05. The standard InChI is InChI=1S/C13H11N3O3S2/c1-21(17,18)9-4-2-3-8(7-9)19-11-10-5-6-20-12(10)16-13(14)15-11/h2-7H,1H3,(H2,14,15,16). The van der Waals surface area contributed by atoms with Gasteiger partial charge in [-0.25, -0.2) is 13.4 Å². The van der Waals surface area contributed by atoms with Crippen molar-refractivity contribution in [1.29, 1.82) is 0 Å². The van der Waals surface area contributed by atoms with Crippen molar-refractivity contribution in [2.75, 3.05) is 12.0 Å². The molecule has 3 aromatic rings. The van der Waals surface area contributed by atoms with E-state index in [2.05, 4.69) is 9.97 Å². The summed E-state index contributed by atoms with van der Waals surface area (Å²) in [6.45, 7) is 0. The molecule has 2 heterocycles. The summed E-state index contributed by atoms with van der Waals surface area (Å²) in [5, 5.41) is 2.59. The number of sulfone groups is 1. The molecule has 0 spiro atoms. The van der Waals surface area contributed by atoms with Gasteiger partial charge in [0.25, 0.3) is 0 Å². The van der Waals surface area contributed by atoms with Gasteiger partial charge in [-0.05, 0) is 29.6 Å². The van der Waals surface area contributed by atoms with Crippen LogP contribution in [0.1, 0.15) is 0 Å². The van der Waals surface area contributed by atoms with Crippen LogP contribution in [0.25, 0.3) is 10.2 Å². The molecule has 0 bridgehead atoms. The summed E-state index contributed by atoms with van der Waals surface area (Å²) in [6.07, 6.45) is 1.14. The van der Waals surface area contributed by atoms with Crippen molar-refractivity contribution >= 4 is 37.3 Å². The third-order valence-electron chi connectivity index (χ3n) is 2.76. The fourth-order valence-electron chi connectivity index (χ4n) is 1.80. The van der Waals surface area contributed by atoms with Crippen LogP contribution >= 0.6 is 11.3 Å². The van der Waals surface area contributed by atoms with Crippen molar-refractivity contribution in [2.45, 2.75) is 4.90 Å². The van der Waals surface area contributed by atoms with Gasteiger partial charge in [0, 0.05) is 6.26 Å². The average Bonchev–Trinajstić information content (AvgIpc) is 2.86. The van der Waals surface area contributed by atoms with Gasteiger partial charge in [0.15, 0.2) is 9.84 Å². The van der Waals surface area contributed by atoms with Crippen molar-refractivity contribution in [1.82, 2.24) is 9.97 Å². The first-order chi connectivity index (χ1) is 9.93. The zero-order valence-electron chi connectivity index (χ0n) is 11.0. The summed E-state index contributed by atoms with van der Waals surface area (Å²) in [5.74, 6) is 0.798. The Morgan fingerprint density at radius 1 is 1.24 bits per heavy atom. The molecular formula is C13H11N3O3S2. The largest absolute Gasteiger partial charge is 0.438 e. The van der Waals surface area contributed by atoms with E-state index in [0.717, 1.165) is 16.5 Å². The normalized spacial score (nSPS) is 11.7. The molecule has 0 radical (unpaired) electrons. The van der Waals surface area contributed by atoms with E-state index in [9.17, 15) is 8.42 Å². The van der Waals surface area contributed by atoms with Gasteiger partial charge in [-0.2, -0.15) is 4.98 Å². The molecule has 3 rings (SSSR count). The maximum absolute atomic E-state index is 11.6. The van der Waals surface area contributed by atoms with Gasteiger partial charge in [0.2, 0.25) is 11.8 Å². The van der Waals surface area contributed by atoms with E-state index in [1.807, 2.05) is 11.4 Å². The molecule has 0 saturated carbocycles. The molecule has 0 saturated heterocycles. The van der Waals surface area contributed by atoms with Crippen LogP contribution in [0.4, 0.5) is 5.95 Å². The maximum atomic E-state index is 11.6. The van der Waals surface area contributed by atoms with Crippen molar-refractivity contribution in [3.8, 4) is 11.6 Å². The van der Waals surface area contributed by atoms with Crippen LogP contribution < -0.4 is 10.5 Å². The molecule has 1 aromatic carbocycles. The first kappa shape index (κ1) is 13.8. The molecule has 2 N–H and O–H groups in total. The zero-order chi connectivity index (χ0) is 15.0. The SMILES string of the molecule is CS(=O)(=O)c1cccc(Oc2nc(N)nc3sccc23)c1. The second kappa shape index (κ2) is 4.97. The number of benzene rings is 1. The fourth-order valence-corrected chi connectivity index (χ4v) is 3.22. The van der Waals surface area contributed by atoms with Gasteiger partial charge < -0.3 is 10.5 Å². The average molecular weight is 321 g/mol. The number of ether oxygens (including phenoxy) is 1. The number of hydrogen-bond acceptors (Lipinski definition) is 7. The Morgan fingerprint density at radius 3 is 2.81 bits per heavy atom. The molecule has 0 aliphatic rings. The monoisotopic (exact) mass is 321 g/mol. The highest BCUT2D eigenvalue weighted by molar-refractivity contribution is 7.90. The molecule has 0 amide bonds. The zero-order valence-corrected chi connectivity index (χ0v) is 12.6. The lowest BCUT2D eigenvalue weighted by Gasteiger charge is -2.07. The Morgan fingerprint density at radius 2 is 2.05 bits per heavy atom. The van der Waals surface area contributed by atoms with Crippen molar-refractivity contribution in [2.24, 2.45) is 0 Å². The molecule has 0 unspecified atom stereocenters. The number of thiophene rings is 1. The fraction of sp³-hybridized carbons (Fsp3) is 0.0769. The quantitative estimate of drug-likeness (QED) is 0.796. The molecule has 0 fully saturated rings. The second-order valence-corrected chi connectivity index (χ2v) is 7.29. The molecule has 6 nitrogen and oxygen atoms in total. The summed E-state index contributed by atoms with van der Waals surface area (Å²) in [7, 11) is -3.29. The van der Waals surface area contributed by atoms with Gasteiger partial charge in [-0.1, -0.05) is 6.07 Å². The minimum atomic E-state index is -3.29. The summed E-state index contributed by atoms with van der Waals surface area (Å²) >= 11 is 1.43. The van der Waals surface area contributed by atoms with Crippen LogP contribution in [0.2, 0.25) is 0 Å². The van der Waals surface area contributed by atoms with E-state index in [0.29, 0.717) is 11.6 Å². The van der Waals surface area contributed by atoms with Crippen LogP contribution in [0.5, 0.6) is 11.6 Å². The van der Waals surface area contributed by atoms with Crippen LogP contribution in [0.3, 0.4) is 0 Å². The van der Waals surface area contributed by atoms with E-state index in [-0.39, 0.29) is 10.8 Å². The van der Waals surface area contributed by atoms with Gasteiger partial charge in [0.1, 0.15) is 10.6 Å². The number of aromatic nitrogens is 2. The van der Waals surface area contributed by atoms with Crippen LogP contribution in [-0.4, -0.2) is 24.6 Å². The topological polar surface area (TPSA) is 95.2 Å². The van der Waals surface area contributed by atoms with Crippen LogP contribution in [-0.2, 0) is 9.84 Å². The van der Waals surface area contributed by atoms with Crippen molar-refractivity contribution in [3.63, 3.8) is 0 Å². The van der Waals surface area contributed by atoms with E-state index < -0.39 is 9.84 Å². The van der Waals surface area contributed by atoms with Gasteiger partial charge in [-0.3, -0.25) is 0 Å². The van der Waals surface area contributed by atoms with Crippen molar-refractivity contribution < 1.29 is 13.2 Å². The predicted octanol–water partition coefficient (Wildman–Crippen LogP) is 2.47. The molecule has 0 atom stereocenters. The van der Waals surface area contributed by atoms with Gasteiger partial charge in [0.05, 0.1) is 10.3 Å². The van der Waals surface area contributed by atoms with E-state index in [1.165, 1.54) is 23.5 Å². The Bertz CT molecular complexity index is 919. The first-order valence-electron chi connectivity index (χ1n) is 5.92. The van der Waals surface area contributed by atoms with E-state index >= 15 is 0 Å². The summed E-state index contributed by atoms with van der Waals surface area (Å²) in [6, 6.07) is 8.06. The minimum Gasteiger partial charge on any atom is -0.438 e. The highest BCUT2D eigenvalue weighted by atomic mass is 32.2. The lowest BCUT2D eigenvalue weighted by molar-refractivity contribution is 0.467. The number of fused-ring (bicyclic) bond motifs is 1. The number of hydrogen-bond donors (Lipinski definition) is 1. The highest BCUT2D eigenvalue weighted by Gasteiger charge is 2.12. The molecule has 21 heavy (non-hydrogen) atoms. The summed E-state index contributed by atoms with van der Waals surface area (Å²) in [5.41, 5.74) is 5.65. The number of anilines is 1. The van der Waals surface area contributed by atoms with Gasteiger partial charge in [-0.15, -0.1) is 11.3 Å². The molecule has 2 aromatic heterocycles. The van der Waals surface area contributed by atoms with Crippen LogP contribution in [0, 0.1) is 0 Å². The van der Waals surface area contributed by atoms with Crippen LogP contribution in [0.15, 0.2) is 40.6 Å². The Kier molecular flexibility index (Phi) is 3.26. The highest BCUT2D eigenvalue weighted by Crippen LogP contribution is 2.31. The lowest BCUT2D eigenvalue weighted by Crippen LogP contribution is -1.99. The second-order valence-electron chi connectivity index (χ2n) is 4.38. The van der Waals surface area contributed by atoms with Gasteiger partial charge >= 0.3 is 0 Å². The van der Waals surface area contributed by atoms with Crippen molar-refractivity contribution in [3.05, 3.63) is 35.7 Å².